The van der Waals surface area contributed by atoms with E-state index in [9.17, 15) is 4.79 Å². The summed E-state index contributed by atoms with van der Waals surface area (Å²) in [6, 6.07) is 4.61. The van der Waals surface area contributed by atoms with Crippen LogP contribution >= 0.6 is 0 Å². The van der Waals surface area contributed by atoms with Gasteiger partial charge in [-0.15, -0.1) is 0 Å². The zero-order chi connectivity index (χ0) is 19.1. The van der Waals surface area contributed by atoms with Gasteiger partial charge < -0.3 is 10.2 Å². The normalized spacial score (nSPS) is 21.3. The zero-order valence-electron chi connectivity index (χ0n) is 16.9. The molecular formula is C22H34N4O. The SMILES string of the molecule is C/C=C(\C)CN1CCC(N2CCC(C(=O)NCc3cccnc3)CC2)CC1. The van der Waals surface area contributed by atoms with Gasteiger partial charge in [-0.3, -0.25) is 14.7 Å². The van der Waals surface area contributed by atoms with E-state index < -0.39 is 0 Å². The molecule has 1 aromatic heterocycles. The first-order chi connectivity index (χ1) is 13.2. The molecule has 5 nitrogen and oxygen atoms in total. The van der Waals surface area contributed by atoms with Crippen molar-refractivity contribution in [2.75, 3.05) is 32.7 Å². The summed E-state index contributed by atoms with van der Waals surface area (Å²) in [5, 5.41) is 3.08. The third kappa shape index (κ3) is 5.88. The minimum atomic E-state index is 0.162. The highest BCUT2D eigenvalue weighted by Gasteiger charge is 2.30. The van der Waals surface area contributed by atoms with E-state index in [0.29, 0.717) is 12.6 Å². The second-order valence-corrected chi connectivity index (χ2v) is 8.03. The average Bonchev–Trinajstić information content (AvgIpc) is 2.73. The van der Waals surface area contributed by atoms with Crippen molar-refractivity contribution in [1.82, 2.24) is 20.1 Å². The molecule has 2 aliphatic rings. The molecule has 0 aliphatic carbocycles. The molecule has 2 saturated heterocycles. The number of nitrogens with one attached hydrogen (secondary N) is 1. The number of nitrogens with zero attached hydrogens (tertiary/aromatic N) is 3. The van der Waals surface area contributed by atoms with Crippen LogP contribution in [0.2, 0.25) is 0 Å². The zero-order valence-corrected chi connectivity index (χ0v) is 16.9. The molecule has 27 heavy (non-hydrogen) atoms. The van der Waals surface area contributed by atoms with Gasteiger partial charge in [-0.05, 0) is 77.3 Å². The van der Waals surface area contributed by atoms with Gasteiger partial charge in [0.25, 0.3) is 0 Å². The fourth-order valence-corrected chi connectivity index (χ4v) is 4.25. The minimum absolute atomic E-state index is 0.162. The van der Waals surface area contributed by atoms with Gasteiger partial charge in [-0.1, -0.05) is 17.7 Å². The predicted molar refractivity (Wildman–Crippen MR) is 109 cm³/mol. The smallest absolute Gasteiger partial charge is 0.223 e. The summed E-state index contributed by atoms with van der Waals surface area (Å²) in [7, 11) is 0. The Morgan fingerprint density at radius 3 is 2.59 bits per heavy atom. The summed E-state index contributed by atoms with van der Waals surface area (Å²) in [5.74, 6) is 0.366. The van der Waals surface area contributed by atoms with Crippen LogP contribution in [0.15, 0.2) is 36.2 Å². The number of aromatic nitrogens is 1. The fourth-order valence-electron chi connectivity index (χ4n) is 4.25. The van der Waals surface area contributed by atoms with Gasteiger partial charge in [0.1, 0.15) is 0 Å². The number of amides is 1. The number of hydrogen-bond acceptors (Lipinski definition) is 4. The number of piperidine rings is 2. The van der Waals surface area contributed by atoms with Crippen molar-refractivity contribution in [1.29, 1.82) is 0 Å². The maximum atomic E-state index is 12.5. The van der Waals surface area contributed by atoms with E-state index in [4.69, 9.17) is 0 Å². The van der Waals surface area contributed by atoms with E-state index in [1.54, 1.807) is 6.20 Å². The lowest BCUT2D eigenvalue weighted by Crippen LogP contribution is -2.49. The van der Waals surface area contributed by atoms with Crippen LogP contribution < -0.4 is 5.32 Å². The maximum Gasteiger partial charge on any atom is 0.223 e. The monoisotopic (exact) mass is 370 g/mol. The van der Waals surface area contributed by atoms with Crippen LogP contribution in [0.25, 0.3) is 0 Å². The number of carbonyl (C=O) groups is 1. The van der Waals surface area contributed by atoms with E-state index in [1.807, 2.05) is 18.3 Å². The van der Waals surface area contributed by atoms with Crippen molar-refractivity contribution in [2.24, 2.45) is 5.92 Å². The van der Waals surface area contributed by atoms with Crippen LogP contribution in [0, 0.1) is 5.92 Å². The van der Waals surface area contributed by atoms with E-state index >= 15 is 0 Å². The fraction of sp³-hybridized carbons (Fsp3) is 0.636. The van der Waals surface area contributed by atoms with Gasteiger partial charge in [-0.25, -0.2) is 0 Å². The molecule has 2 fully saturated rings. The third-order valence-corrected chi connectivity index (χ3v) is 6.13. The molecule has 0 atom stereocenters. The van der Waals surface area contributed by atoms with Crippen LogP contribution in [0.3, 0.4) is 0 Å². The van der Waals surface area contributed by atoms with Gasteiger partial charge in [0.15, 0.2) is 0 Å². The minimum Gasteiger partial charge on any atom is -0.352 e. The first-order valence-electron chi connectivity index (χ1n) is 10.4. The molecule has 5 heteroatoms. The Kier molecular flexibility index (Phi) is 7.41. The second kappa shape index (κ2) is 10.00. The summed E-state index contributed by atoms with van der Waals surface area (Å²) in [5.41, 5.74) is 2.52. The Bertz CT molecular complexity index is 614. The van der Waals surface area contributed by atoms with E-state index in [2.05, 4.69) is 40.0 Å². The molecule has 0 spiro atoms. The Hall–Kier alpha value is -1.72. The summed E-state index contributed by atoms with van der Waals surface area (Å²) in [6.07, 6.45) is 10.3. The van der Waals surface area contributed by atoms with Crippen molar-refractivity contribution in [3.63, 3.8) is 0 Å². The number of pyridine rings is 1. The summed E-state index contributed by atoms with van der Waals surface area (Å²) >= 11 is 0. The Balaban J connectivity index is 1.37. The van der Waals surface area contributed by atoms with Crippen LogP contribution in [0.5, 0.6) is 0 Å². The van der Waals surface area contributed by atoms with E-state index in [0.717, 1.165) is 38.0 Å². The summed E-state index contributed by atoms with van der Waals surface area (Å²) in [4.78, 5) is 21.8. The molecule has 3 heterocycles. The number of carbonyl (C=O) groups excluding carboxylic acids is 1. The lowest BCUT2D eigenvalue weighted by molar-refractivity contribution is -0.126. The lowest BCUT2D eigenvalue weighted by Gasteiger charge is -2.41. The predicted octanol–water partition coefficient (Wildman–Crippen LogP) is 2.84. The highest BCUT2D eigenvalue weighted by molar-refractivity contribution is 5.78. The number of allylic oxidation sites excluding steroid dienone is 1. The molecule has 0 radical (unpaired) electrons. The number of rotatable bonds is 6. The van der Waals surface area contributed by atoms with Crippen LogP contribution in [-0.4, -0.2) is 59.5 Å². The number of likely N-dealkylation sites (tertiary alicyclic amines) is 2. The van der Waals surface area contributed by atoms with Gasteiger partial charge in [-0.2, -0.15) is 0 Å². The second-order valence-electron chi connectivity index (χ2n) is 8.03. The number of hydrogen-bond donors (Lipinski definition) is 1. The van der Waals surface area contributed by atoms with Crippen LogP contribution in [0.1, 0.15) is 45.1 Å². The highest BCUT2D eigenvalue weighted by Crippen LogP contribution is 2.24. The van der Waals surface area contributed by atoms with Gasteiger partial charge in [0.05, 0.1) is 0 Å². The molecule has 1 N–H and O–H groups in total. The highest BCUT2D eigenvalue weighted by atomic mass is 16.1. The molecular weight excluding hydrogens is 336 g/mol. The summed E-state index contributed by atoms with van der Waals surface area (Å²) < 4.78 is 0. The molecule has 1 aromatic rings. The van der Waals surface area contributed by atoms with Gasteiger partial charge >= 0.3 is 0 Å². The molecule has 1 amide bonds. The standard InChI is InChI=1S/C22H34N4O/c1-3-18(2)17-25-11-8-21(9-12-25)26-13-6-20(7-14-26)22(27)24-16-19-5-4-10-23-15-19/h3-5,10,15,20-21H,6-9,11-14,16-17H2,1-2H3,(H,24,27)/b18-3+. The molecule has 0 aromatic carbocycles. The van der Waals surface area contributed by atoms with Crippen molar-refractivity contribution in [3.8, 4) is 0 Å². The topological polar surface area (TPSA) is 48.5 Å². The first kappa shape index (κ1) is 20.0. The molecule has 148 valence electrons. The maximum absolute atomic E-state index is 12.5. The Morgan fingerprint density at radius 1 is 1.22 bits per heavy atom. The molecule has 2 aliphatic heterocycles. The van der Waals surface area contributed by atoms with Crippen molar-refractivity contribution in [3.05, 3.63) is 41.7 Å². The molecule has 0 saturated carbocycles. The van der Waals surface area contributed by atoms with Gasteiger partial charge in [0, 0.05) is 37.4 Å². The van der Waals surface area contributed by atoms with Crippen molar-refractivity contribution >= 4 is 5.91 Å². The molecule has 0 unspecified atom stereocenters. The quantitative estimate of drug-likeness (QED) is 0.783. The Labute approximate surface area is 163 Å². The van der Waals surface area contributed by atoms with Crippen LogP contribution in [-0.2, 0) is 11.3 Å². The van der Waals surface area contributed by atoms with Crippen molar-refractivity contribution < 1.29 is 4.79 Å². The van der Waals surface area contributed by atoms with E-state index in [-0.39, 0.29) is 11.8 Å². The van der Waals surface area contributed by atoms with E-state index in [1.165, 1.54) is 31.5 Å². The Morgan fingerprint density at radius 2 is 1.96 bits per heavy atom. The molecule has 3 rings (SSSR count). The summed E-state index contributed by atoms with van der Waals surface area (Å²) in [6.45, 7) is 10.5. The third-order valence-electron chi connectivity index (χ3n) is 6.13. The van der Waals surface area contributed by atoms with Crippen molar-refractivity contribution in [2.45, 2.75) is 52.1 Å². The largest absolute Gasteiger partial charge is 0.352 e. The van der Waals surface area contributed by atoms with Crippen LogP contribution in [0.4, 0.5) is 0 Å². The first-order valence-corrected chi connectivity index (χ1v) is 10.4. The lowest BCUT2D eigenvalue weighted by atomic mass is 9.92. The van der Waals surface area contributed by atoms with Gasteiger partial charge in [0.2, 0.25) is 5.91 Å². The molecule has 0 bridgehead atoms. The average molecular weight is 371 g/mol.